The maximum absolute atomic E-state index is 12.9. The summed E-state index contributed by atoms with van der Waals surface area (Å²) in [4.78, 5) is 1.96. The minimum absolute atomic E-state index is 0.00731. The fraction of sp³-hybridized carbons (Fsp3) is 0.429. The molecule has 1 aliphatic heterocycles. The Kier molecular flexibility index (Phi) is 5.00. The van der Waals surface area contributed by atoms with E-state index in [9.17, 15) is 12.8 Å². The second-order valence-electron chi connectivity index (χ2n) is 5.76. The van der Waals surface area contributed by atoms with Crippen molar-refractivity contribution in [1.82, 2.24) is 14.7 Å². The number of hydrogen-bond donors (Lipinski definition) is 1. The Hall–Kier alpha value is -1.36. The van der Waals surface area contributed by atoms with Crippen molar-refractivity contribution in [3.05, 3.63) is 34.0 Å². The van der Waals surface area contributed by atoms with Gasteiger partial charge in [0, 0.05) is 11.7 Å². The van der Waals surface area contributed by atoms with Gasteiger partial charge < -0.3 is 5.32 Å². The number of anilines is 2. The summed E-state index contributed by atoms with van der Waals surface area (Å²) < 4.78 is 38.4. The number of halogens is 1. The lowest BCUT2D eigenvalue weighted by Gasteiger charge is -2.22. The zero-order valence-electron chi connectivity index (χ0n) is 13.0. The Morgan fingerprint density at radius 2 is 2.17 bits per heavy atom. The molecular weight excluding hydrogens is 371 g/mol. The molecule has 0 amide bonds. The molecule has 1 atom stereocenters. The van der Waals surface area contributed by atoms with Crippen LogP contribution in [-0.2, 0) is 16.5 Å². The lowest BCUT2D eigenvalue weighted by Crippen LogP contribution is -2.34. The number of nitrogens with zero attached hydrogens (tertiary/aromatic N) is 3. The molecule has 10 heteroatoms. The molecule has 0 bridgehead atoms. The summed E-state index contributed by atoms with van der Waals surface area (Å²) in [5.41, 5.74) is 0.725. The first-order valence-electron chi connectivity index (χ1n) is 7.33. The van der Waals surface area contributed by atoms with Crippen LogP contribution in [0.2, 0.25) is 0 Å². The Bertz CT molecular complexity index is 876. The van der Waals surface area contributed by atoms with Crippen LogP contribution in [0.25, 0.3) is 0 Å². The summed E-state index contributed by atoms with van der Waals surface area (Å²) in [5.74, 6) is 0.121. The van der Waals surface area contributed by atoms with Gasteiger partial charge in [-0.2, -0.15) is 0 Å². The fourth-order valence-electron chi connectivity index (χ4n) is 2.55. The first-order chi connectivity index (χ1) is 11.3. The van der Waals surface area contributed by atoms with Gasteiger partial charge in [-0.1, -0.05) is 11.3 Å². The summed E-state index contributed by atoms with van der Waals surface area (Å²) in [6.07, 6.45) is 0.636. The number of rotatable bonds is 5. The van der Waals surface area contributed by atoms with E-state index in [1.165, 1.54) is 23.5 Å². The van der Waals surface area contributed by atoms with E-state index in [0.717, 1.165) is 5.69 Å². The molecule has 2 aromatic rings. The molecule has 1 aromatic carbocycles. The van der Waals surface area contributed by atoms with Crippen molar-refractivity contribution >= 4 is 44.2 Å². The third-order valence-corrected chi connectivity index (χ3v) is 6.86. The molecule has 0 spiro atoms. The molecule has 1 fully saturated rings. The van der Waals surface area contributed by atoms with Gasteiger partial charge in [-0.3, -0.25) is 4.90 Å². The summed E-state index contributed by atoms with van der Waals surface area (Å²) in [6.45, 7) is 0.431. The van der Waals surface area contributed by atoms with Crippen LogP contribution in [-0.4, -0.2) is 47.7 Å². The SMILES string of the molecule is CN(Cn1nc(Nc2ccc(F)cc2)sc1=S)[C@H]1CCS(=O)(=O)C1. The molecule has 3 rings (SSSR count). The molecule has 0 unspecified atom stereocenters. The first kappa shape index (κ1) is 17.5. The average Bonchev–Trinajstić information content (AvgIpc) is 3.04. The van der Waals surface area contributed by atoms with Crippen molar-refractivity contribution in [2.75, 3.05) is 23.9 Å². The predicted octanol–water partition coefficient (Wildman–Crippen LogP) is 2.63. The number of benzene rings is 1. The lowest BCUT2D eigenvalue weighted by molar-refractivity contribution is 0.198. The van der Waals surface area contributed by atoms with Crippen LogP contribution in [0.5, 0.6) is 0 Å². The van der Waals surface area contributed by atoms with Gasteiger partial charge in [0.1, 0.15) is 5.82 Å². The largest absolute Gasteiger partial charge is 0.330 e. The highest BCUT2D eigenvalue weighted by Crippen LogP contribution is 2.22. The van der Waals surface area contributed by atoms with E-state index in [1.54, 1.807) is 16.8 Å². The third kappa shape index (κ3) is 4.18. The molecule has 1 N–H and O–H groups in total. The predicted molar refractivity (Wildman–Crippen MR) is 95.4 cm³/mol. The average molecular weight is 389 g/mol. The third-order valence-electron chi connectivity index (χ3n) is 3.89. The lowest BCUT2D eigenvalue weighted by atomic mass is 10.2. The maximum atomic E-state index is 12.9. The van der Waals surface area contributed by atoms with Crippen LogP contribution in [0.15, 0.2) is 24.3 Å². The topological polar surface area (TPSA) is 67.2 Å². The van der Waals surface area contributed by atoms with Gasteiger partial charge in [0.25, 0.3) is 0 Å². The van der Waals surface area contributed by atoms with E-state index in [-0.39, 0.29) is 23.4 Å². The molecule has 1 aromatic heterocycles. The molecule has 1 saturated heterocycles. The van der Waals surface area contributed by atoms with Gasteiger partial charge in [-0.15, -0.1) is 5.10 Å². The zero-order chi connectivity index (χ0) is 17.3. The monoisotopic (exact) mass is 388 g/mol. The number of sulfone groups is 1. The van der Waals surface area contributed by atoms with Crippen molar-refractivity contribution in [2.24, 2.45) is 0 Å². The second-order valence-corrected chi connectivity index (χ2v) is 9.61. The number of nitrogens with one attached hydrogen (secondary N) is 1. The van der Waals surface area contributed by atoms with Crippen LogP contribution in [0.3, 0.4) is 0 Å². The van der Waals surface area contributed by atoms with Crippen LogP contribution in [0.4, 0.5) is 15.2 Å². The maximum Gasteiger partial charge on any atom is 0.209 e. The molecule has 2 heterocycles. The minimum Gasteiger partial charge on any atom is -0.330 e. The summed E-state index contributed by atoms with van der Waals surface area (Å²) in [6, 6.07) is 5.98. The smallest absolute Gasteiger partial charge is 0.209 e. The highest BCUT2D eigenvalue weighted by molar-refractivity contribution is 7.91. The molecule has 6 nitrogen and oxygen atoms in total. The Morgan fingerprint density at radius 3 is 2.79 bits per heavy atom. The zero-order valence-corrected chi connectivity index (χ0v) is 15.4. The van der Waals surface area contributed by atoms with Gasteiger partial charge in [0.15, 0.2) is 13.8 Å². The fourth-order valence-corrected chi connectivity index (χ4v) is 5.37. The van der Waals surface area contributed by atoms with Gasteiger partial charge in [0.05, 0.1) is 18.2 Å². The highest BCUT2D eigenvalue weighted by Gasteiger charge is 2.30. The molecule has 1 aliphatic rings. The van der Waals surface area contributed by atoms with Gasteiger partial charge in [-0.05, 0) is 50.0 Å². The molecular formula is C14H17FN4O2S3. The summed E-state index contributed by atoms with van der Waals surface area (Å²) >= 11 is 6.64. The molecule has 0 aliphatic carbocycles. The summed E-state index contributed by atoms with van der Waals surface area (Å²) in [7, 11) is -1.04. The van der Waals surface area contributed by atoms with Crippen LogP contribution in [0, 0.1) is 9.77 Å². The van der Waals surface area contributed by atoms with Crippen LogP contribution in [0.1, 0.15) is 6.42 Å². The normalized spacial score (nSPS) is 19.7. The van der Waals surface area contributed by atoms with E-state index in [2.05, 4.69) is 10.4 Å². The quantitative estimate of drug-likeness (QED) is 0.795. The second kappa shape index (κ2) is 6.87. The minimum atomic E-state index is -2.92. The highest BCUT2D eigenvalue weighted by atomic mass is 32.2. The Morgan fingerprint density at radius 1 is 1.46 bits per heavy atom. The molecule has 0 radical (unpaired) electrons. The van der Waals surface area contributed by atoms with E-state index in [0.29, 0.717) is 22.2 Å². The van der Waals surface area contributed by atoms with E-state index >= 15 is 0 Å². The van der Waals surface area contributed by atoms with Crippen molar-refractivity contribution in [1.29, 1.82) is 0 Å². The van der Waals surface area contributed by atoms with Crippen molar-refractivity contribution in [3.63, 3.8) is 0 Å². The Balaban J connectivity index is 1.68. The summed E-state index contributed by atoms with van der Waals surface area (Å²) in [5, 5.41) is 8.11. The van der Waals surface area contributed by atoms with Crippen LogP contribution < -0.4 is 5.32 Å². The molecule has 130 valence electrons. The molecule has 0 saturated carbocycles. The van der Waals surface area contributed by atoms with Crippen molar-refractivity contribution < 1.29 is 12.8 Å². The van der Waals surface area contributed by atoms with Crippen molar-refractivity contribution in [2.45, 2.75) is 19.1 Å². The van der Waals surface area contributed by atoms with Gasteiger partial charge >= 0.3 is 0 Å². The van der Waals surface area contributed by atoms with E-state index in [1.807, 2.05) is 11.9 Å². The number of aromatic nitrogens is 2. The van der Waals surface area contributed by atoms with Gasteiger partial charge in [-0.25, -0.2) is 17.5 Å². The number of hydrogen-bond acceptors (Lipinski definition) is 7. The Labute approximate surface area is 148 Å². The molecule has 24 heavy (non-hydrogen) atoms. The van der Waals surface area contributed by atoms with E-state index < -0.39 is 9.84 Å². The van der Waals surface area contributed by atoms with Crippen LogP contribution >= 0.6 is 23.6 Å². The van der Waals surface area contributed by atoms with Gasteiger partial charge in [0.2, 0.25) is 5.13 Å². The first-order valence-corrected chi connectivity index (χ1v) is 10.4. The van der Waals surface area contributed by atoms with E-state index in [4.69, 9.17) is 12.2 Å². The van der Waals surface area contributed by atoms with Crippen molar-refractivity contribution in [3.8, 4) is 0 Å². The standard InChI is InChI=1S/C14H17FN4O2S3/c1-18(12-6-7-24(20,21)8-12)9-19-14(22)23-13(17-19)16-11-4-2-10(15)3-5-11/h2-5,12H,6-9H2,1H3,(H,16,17)/t12-/m0/s1.